The number of likely N-dealkylation sites (tertiary alicyclic amines) is 1. The van der Waals surface area contributed by atoms with Crippen LogP contribution >= 0.6 is 0 Å². The highest BCUT2D eigenvalue weighted by atomic mass is 16.5. The third kappa shape index (κ3) is 8.23. The average Bonchev–Trinajstić information content (AvgIpc) is 3.46. The van der Waals surface area contributed by atoms with E-state index in [0.29, 0.717) is 63.7 Å². The summed E-state index contributed by atoms with van der Waals surface area (Å²) in [6.45, 7) is 3.73. The molecule has 2 heterocycles. The summed E-state index contributed by atoms with van der Waals surface area (Å²) in [5, 5.41) is 22.5. The first-order valence-electron chi connectivity index (χ1n) is 16.2. The molecule has 3 atom stereocenters. The summed E-state index contributed by atoms with van der Waals surface area (Å²) >= 11 is 0. The number of carbonyl (C=O) groups excluding carboxylic acids is 4. The van der Waals surface area contributed by atoms with E-state index in [1.165, 1.54) is 4.90 Å². The molecule has 0 bridgehead atoms. The normalized spacial score (nSPS) is 21.2. The fourth-order valence-electron chi connectivity index (χ4n) is 6.83. The Balaban J connectivity index is 1.40. The van der Waals surface area contributed by atoms with Crippen molar-refractivity contribution in [3.8, 4) is 0 Å². The fraction of sp³-hybridized carbons (Fsp3) is 0.636. The van der Waals surface area contributed by atoms with Crippen LogP contribution in [0.3, 0.4) is 0 Å². The average molecular weight is 643 g/mol. The molecule has 5 N–H and O–H groups in total. The molecular weight excluding hydrogens is 596 g/mol. The Hall–Kier alpha value is -4.00. The number of benzene rings is 1. The Morgan fingerprint density at radius 3 is 2.30 bits per heavy atom. The summed E-state index contributed by atoms with van der Waals surface area (Å²) in [5.41, 5.74) is 6.10. The number of aryl methyl sites for hydroxylation is 1. The van der Waals surface area contributed by atoms with Crippen LogP contribution in [0.4, 0.5) is 5.69 Å². The van der Waals surface area contributed by atoms with E-state index in [2.05, 4.69) is 5.32 Å². The number of nitrogens with one attached hydrogen (secondary N) is 1. The smallest absolute Gasteiger partial charge is 0.323 e. The van der Waals surface area contributed by atoms with Crippen LogP contribution in [0.1, 0.15) is 77.2 Å². The molecule has 1 aromatic rings. The van der Waals surface area contributed by atoms with E-state index in [-0.39, 0.29) is 37.2 Å². The maximum absolute atomic E-state index is 13.9. The molecule has 1 saturated heterocycles. The van der Waals surface area contributed by atoms with Gasteiger partial charge in [-0.05, 0) is 49.7 Å². The number of piperidine rings is 1. The van der Waals surface area contributed by atoms with Crippen LogP contribution in [0.15, 0.2) is 24.3 Å². The van der Waals surface area contributed by atoms with Crippen molar-refractivity contribution in [2.75, 3.05) is 24.5 Å². The SMILES string of the molecule is CC(C)[C@H](N)C(=O)OC1CCN(C(=O)CC(CC2(C(=O)NC3CCc4ccccc4N(CC(=O)O)C3=O)CCCC2)C(=O)O)CC1. The molecule has 252 valence electrons. The number of carbonyl (C=O) groups is 6. The van der Waals surface area contributed by atoms with Gasteiger partial charge in [0.25, 0.3) is 0 Å². The molecule has 3 amide bonds. The number of para-hydroxylation sites is 1. The van der Waals surface area contributed by atoms with Crippen molar-refractivity contribution in [2.24, 2.45) is 23.0 Å². The standard InChI is InChI=1S/C33H46N4O9/c1-20(2)28(34)31(44)46-23-11-15-36(16-12-23)26(38)17-22(30(42)43)18-33(13-5-6-14-33)32(45)35-24-10-9-21-7-3-4-8-25(21)37(29(24)41)19-27(39)40/h3-4,7-8,20,22-24,28H,5-6,9-19,34H2,1-2H3,(H,35,45)(H,39,40)(H,42,43)/t22?,24?,28-/m0/s1. The maximum atomic E-state index is 13.9. The number of nitrogens with zero attached hydrogens (tertiary/aromatic N) is 2. The molecule has 1 saturated carbocycles. The van der Waals surface area contributed by atoms with Gasteiger partial charge in [0.15, 0.2) is 0 Å². The number of hydrogen-bond donors (Lipinski definition) is 4. The van der Waals surface area contributed by atoms with Crippen molar-refractivity contribution in [1.29, 1.82) is 0 Å². The van der Waals surface area contributed by atoms with Gasteiger partial charge in [0, 0.05) is 38.0 Å². The molecule has 46 heavy (non-hydrogen) atoms. The van der Waals surface area contributed by atoms with Gasteiger partial charge in [-0.1, -0.05) is 44.9 Å². The van der Waals surface area contributed by atoms with E-state index in [4.69, 9.17) is 10.5 Å². The highest BCUT2D eigenvalue weighted by Gasteiger charge is 2.46. The number of ether oxygens (including phenoxy) is 1. The first-order valence-corrected chi connectivity index (χ1v) is 16.2. The number of aliphatic carboxylic acids is 2. The molecule has 13 heteroatoms. The van der Waals surface area contributed by atoms with Gasteiger partial charge in [0.05, 0.1) is 11.3 Å². The highest BCUT2D eigenvalue weighted by Crippen LogP contribution is 2.44. The lowest BCUT2D eigenvalue weighted by Gasteiger charge is -2.35. The predicted molar refractivity (Wildman–Crippen MR) is 166 cm³/mol. The van der Waals surface area contributed by atoms with Crippen LogP contribution in [-0.4, -0.2) is 88.6 Å². The predicted octanol–water partition coefficient (Wildman–Crippen LogP) is 2.09. The number of nitrogens with two attached hydrogens (primary N) is 1. The highest BCUT2D eigenvalue weighted by molar-refractivity contribution is 6.03. The molecule has 0 aromatic heterocycles. The summed E-state index contributed by atoms with van der Waals surface area (Å²) in [5.74, 6) is -5.33. The molecule has 2 fully saturated rings. The lowest BCUT2D eigenvalue weighted by atomic mass is 9.75. The summed E-state index contributed by atoms with van der Waals surface area (Å²) in [4.78, 5) is 79.8. The molecule has 13 nitrogen and oxygen atoms in total. The van der Waals surface area contributed by atoms with Gasteiger partial charge >= 0.3 is 17.9 Å². The van der Waals surface area contributed by atoms with Crippen molar-refractivity contribution < 1.29 is 43.7 Å². The number of rotatable bonds is 12. The zero-order chi connectivity index (χ0) is 33.6. The Kier molecular flexibility index (Phi) is 11.4. The van der Waals surface area contributed by atoms with Gasteiger partial charge < -0.3 is 30.9 Å². The van der Waals surface area contributed by atoms with Crippen LogP contribution in [0.2, 0.25) is 0 Å². The second-order valence-corrected chi connectivity index (χ2v) is 13.2. The minimum atomic E-state index is -1.18. The van der Waals surface area contributed by atoms with Gasteiger partial charge in [0.1, 0.15) is 24.7 Å². The van der Waals surface area contributed by atoms with E-state index in [1.807, 2.05) is 26.0 Å². The maximum Gasteiger partial charge on any atom is 0.323 e. The second kappa shape index (κ2) is 15.1. The van der Waals surface area contributed by atoms with E-state index < -0.39 is 59.7 Å². The van der Waals surface area contributed by atoms with Crippen molar-refractivity contribution in [2.45, 2.75) is 96.2 Å². The van der Waals surface area contributed by atoms with Crippen LogP contribution in [0.5, 0.6) is 0 Å². The lowest BCUT2D eigenvalue weighted by Crippen LogP contribution is -2.53. The molecule has 3 aliphatic rings. The number of amides is 3. The summed E-state index contributed by atoms with van der Waals surface area (Å²) in [7, 11) is 0. The molecule has 2 unspecified atom stereocenters. The summed E-state index contributed by atoms with van der Waals surface area (Å²) in [6, 6.07) is 5.34. The lowest BCUT2D eigenvalue weighted by molar-refractivity contribution is -0.156. The number of carboxylic acid groups (broad SMARTS) is 2. The topological polar surface area (TPSA) is 197 Å². The fourth-order valence-corrected chi connectivity index (χ4v) is 6.83. The number of fused-ring (bicyclic) bond motifs is 1. The van der Waals surface area contributed by atoms with Gasteiger partial charge in [-0.25, -0.2) is 0 Å². The van der Waals surface area contributed by atoms with Crippen molar-refractivity contribution in [1.82, 2.24) is 10.2 Å². The van der Waals surface area contributed by atoms with E-state index >= 15 is 0 Å². The van der Waals surface area contributed by atoms with Gasteiger partial charge in [-0.3, -0.25) is 33.7 Å². The molecule has 0 spiro atoms. The molecule has 1 aromatic carbocycles. The van der Waals surface area contributed by atoms with Gasteiger partial charge in [0.2, 0.25) is 17.7 Å². The van der Waals surface area contributed by atoms with Gasteiger partial charge in [-0.15, -0.1) is 0 Å². The Morgan fingerprint density at radius 1 is 1.04 bits per heavy atom. The van der Waals surface area contributed by atoms with Crippen LogP contribution in [0, 0.1) is 17.3 Å². The van der Waals surface area contributed by atoms with Crippen LogP contribution in [-0.2, 0) is 39.9 Å². The molecular formula is C33H46N4O9. The third-order valence-corrected chi connectivity index (χ3v) is 9.67. The van der Waals surface area contributed by atoms with Crippen molar-refractivity contribution in [3.05, 3.63) is 29.8 Å². The van der Waals surface area contributed by atoms with E-state index in [9.17, 15) is 39.0 Å². The molecule has 0 radical (unpaired) electrons. The zero-order valence-electron chi connectivity index (χ0n) is 26.6. The van der Waals surface area contributed by atoms with E-state index in [0.717, 1.165) is 5.56 Å². The number of carboxylic acids is 2. The number of anilines is 1. The molecule has 1 aliphatic carbocycles. The second-order valence-electron chi connectivity index (χ2n) is 13.2. The Morgan fingerprint density at radius 2 is 1.70 bits per heavy atom. The number of hydrogen-bond acceptors (Lipinski definition) is 8. The minimum absolute atomic E-state index is 0.0545. The third-order valence-electron chi connectivity index (χ3n) is 9.67. The molecule has 4 rings (SSSR count). The monoisotopic (exact) mass is 642 g/mol. The zero-order valence-corrected chi connectivity index (χ0v) is 26.6. The largest absolute Gasteiger partial charge is 0.481 e. The quantitative estimate of drug-likeness (QED) is 0.245. The Bertz CT molecular complexity index is 1320. The first-order chi connectivity index (χ1) is 21.8. The number of esters is 1. The summed E-state index contributed by atoms with van der Waals surface area (Å²) in [6.07, 6.45) is 3.11. The van der Waals surface area contributed by atoms with Crippen LogP contribution < -0.4 is 16.0 Å². The van der Waals surface area contributed by atoms with Crippen LogP contribution in [0.25, 0.3) is 0 Å². The van der Waals surface area contributed by atoms with Crippen molar-refractivity contribution in [3.63, 3.8) is 0 Å². The molecule has 2 aliphatic heterocycles. The minimum Gasteiger partial charge on any atom is -0.481 e. The first kappa shape index (κ1) is 34.9. The van der Waals surface area contributed by atoms with Gasteiger partial charge in [-0.2, -0.15) is 0 Å². The Labute approximate surface area is 268 Å². The van der Waals surface area contributed by atoms with Crippen molar-refractivity contribution >= 4 is 41.3 Å². The van der Waals surface area contributed by atoms with E-state index in [1.54, 1.807) is 17.0 Å². The summed E-state index contributed by atoms with van der Waals surface area (Å²) < 4.78 is 5.52.